The second-order valence-corrected chi connectivity index (χ2v) is 12.6. The SMILES string of the molecule is C[C@@H]1C(=O)O[C@@H]2[C@H](O)[C@]34[C@@H]5OC(=O)[C@]3(O[C@@H]3OC(=O)[C@H](OCc6ccccc6)[C@@]34[C@H](C(C)(C)C)[C@H]5O)[C@@]12O. The van der Waals surface area contributed by atoms with Gasteiger partial charge in [0.2, 0.25) is 11.9 Å². The monoisotopic (exact) mass is 530 g/mol. The van der Waals surface area contributed by atoms with E-state index in [1.54, 1.807) is 0 Å². The molecule has 0 aromatic heterocycles. The first-order valence-corrected chi connectivity index (χ1v) is 12.9. The van der Waals surface area contributed by atoms with Gasteiger partial charge in [0.05, 0.1) is 29.5 Å². The highest BCUT2D eigenvalue weighted by molar-refractivity contribution is 5.94. The van der Waals surface area contributed by atoms with Gasteiger partial charge in [0.15, 0.2) is 17.8 Å². The molecule has 6 aliphatic rings. The van der Waals surface area contributed by atoms with Crippen LogP contribution in [0.25, 0.3) is 0 Å². The van der Waals surface area contributed by atoms with Gasteiger partial charge in [-0.15, -0.1) is 0 Å². The van der Waals surface area contributed by atoms with Crippen LogP contribution in [-0.4, -0.2) is 81.2 Å². The lowest BCUT2D eigenvalue weighted by Crippen LogP contribution is -2.67. The summed E-state index contributed by atoms with van der Waals surface area (Å²) in [5, 5.41) is 36.1. The molecule has 6 fully saturated rings. The second kappa shape index (κ2) is 6.95. The number of carbonyl (C=O) groups is 3. The molecule has 11 heteroatoms. The van der Waals surface area contributed by atoms with Gasteiger partial charge in [-0.25, -0.2) is 9.59 Å². The van der Waals surface area contributed by atoms with Crippen molar-refractivity contribution in [2.75, 3.05) is 0 Å². The number of benzene rings is 1. The summed E-state index contributed by atoms with van der Waals surface area (Å²) >= 11 is 0. The first-order valence-electron chi connectivity index (χ1n) is 12.9. The lowest BCUT2D eigenvalue weighted by Gasteiger charge is -2.48. The number of hydrogen-bond acceptors (Lipinski definition) is 11. The van der Waals surface area contributed by atoms with Crippen molar-refractivity contribution in [1.82, 2.24) is 0 Å². The molecule has 3 N–H and O–H groups in total. The van der Waals surface area contributed by atoms with Crippen LogP contribution >= 0.6 is 0 Å². The van der Waals surface area contributed by atoms with Gasteiger partial charge in [-0.3, -0.25) is 4.79 Å². The van der Waals surface area contributed by atoms with Crippen molar-refractivity contribution in [3.05, 3.63) is 35.9 Å². The van der Waals surface area contributed by atoms with Gasteiger partial charge in [0.25, 0.3) is 0 Å². The lowest BCUT2D eigenvalue weighted by atomic mass is 9.51. The fourth-order valence-electron chi connectivity index (χ4n) is 9.20. The van der Waals surface area contributed by atoms with Crippen LogP contribution < -0.4 is 0 Å². The normalized spacial score (nSPS) is 51.8. The quantitative estimate of drug-likeness (QED) is 0.352. The Morgan fingerprint density at radius 2 is 1.66 bits per heavy atom. The van der Waals surface area contributed by atoms with Gasteiger partial charge in [0, 0.05) is 5.92 Å². The van der Waals surface area contributed by atoms with E-state index >= 15 is 0 Å². The predicted molar refractivity (Wildman–Crippen MR) is 122 cm³/mol. The van der Waals surface area contributed by atoms with Crippen LogP contribution in [0.2, 0.25) is 0 Å². The molecule has 1 aromatic rings. The van der Waals surface area contributed by atoms with E-state index in [-0.39, 0.29) is 6.61 Å². The molecular formula is C27H30O11. The topological polar surface area (TPSA) is 158 Å². The van der Waals surface area contributed by atoms with Gasteiger partial charge < -0.3 is 39.0 Å². The molecule has 204 valence electrons. The molecular weight excluding hydrogens is 500 g/mol. The molecule has 0 bridgehead atoms. The molecule has 4 aliphatic heterocycles. The highest BCUT2D eigenvalue weighted by Gasteiger charge is 3.05. The van der Waals surface area contributed by atoms with Gasteiger partial charge in [-0.05, 0) is 17.9 Å². The van der Waals surface area contributed by atoms with Crippen LogP contribution in [0.3, 0.4) is 0 Å². The van der Waals surface area contributed by atoms with E-state index in [1.165, 1.54) is 6.92 Å². The third-order valence-electron chi connectivity index (χ3n) is 10.2. The number of carbonyl (C=O) groups excluding carboxylic acids is 3. The summed E-state index contributed by atoms with van der Waals surface area (Å²) in [4.78, 5) is 40.0. The number of fused-ring (bicyclic) bond motifs is 1. The van der Waals surface area contributed by atoms with E-state index in [9.17, 15) is 29.7 Å². The van der Waals surface area contributed by atoms with Crippen LogP contribution in [0.4, 0.5) is 0 Å². The van der Waals surface area contributed by atoms with E-state index in [4.69, 9.17) is 23.7 Å². The fourth-order valence-corrected chi connectivity index (χ4v) is 9.20. The van der Waals surface area contributed by atoms with Gasteiger partial charge >= 0.3 is 17.9 Å². The van der Waals surface area contributed by atoms with Crippen molar-refractivity contribution in [2.24, 2.45) is 28.1 Å². The van der Waals surface area contributed by atoms with Crippen LogP contribution in [0, 0.1) is 28.1 Å². The summed E-state index contributed by atoms with van der Waals surface area (Å²) in [6, 6.07) is 9.11. The second-order valence-electron chi connectivity index (χ2n) is 12.6. The van der Waals surface area contributed by atoms with Crippen molar-refractivity contribution in [3.8, 4) is 0 Å². The molecule has 0 radical (unpaired) electrons. The van der Waals surface area contributed by atoms with Gasteiger partial charge in [-0.2, -0.15) is 0 Å². The molecule has 0 unspecified atom stereocenters. The van der Waals surface area contributed by atoms with E-state index in [0.29, 0.717) is 0 Å². The summed E-state index contributed by atoms with van der Waals surface area (Å²) in [5.74, 6) is -4.79. The number of esters is 3. The first kappa shape index (κ1) is 24.5. The maximum Gasteiger partial charge on any atom is 0.343 e. The Morgan fingerprint density at radius 1 is 0.974 bits per heavy atom. The zero-order valence-corrected chi connectivity index (χ0v) is 21.3. The highest BCUT2D eigenvalue weighted by atomic mass is 16.8. The third kappa shape index (κ3) is 2.13. The molecule has 0 amide bonds. The van der Waals surface area contributed by atoms with Gasteiger partial charge in [-0.1, -0.05) is 51.1 Å². The van der Waals surface area contributed by atoms with Crippen LogP contribution in [-0.2, 0) is 44.7 Å². The third-order valence-corrected chi connectivity index (χ3v) is 10.2. The van der Waals surface area contributed by atoms with Crippen LogP contribution in [0.5, 0.6) is 0 Å². The molecule has 1 aromatic carbocycles. The lowest BCUT2D eigenvalue weighted by molar-refractivity contribution is -0.240. The molecule has 11 nitrogen and oxygen atoms in total. The van der Waals surface area contributed by atoms with Crippen LogP contribution in [0.1, 0.15) is 33.3 Å². The van der Waals surface area contributed by atoms with Crippen LogP contribution in [0.15, 0.2) is 30.3 Å². The Kier molecular flexibility index (Phi) is 4.47. The Balaban J connectivity index is 1.50. The largest absolute Gasteiger partial charge is 0.456 e. The smallest absolute Gasteiger partial charge is 0.343 e. The van der Waals surface area contributed by atoms with Crippen molar-refractivity contribution < 1.29 is 53.4 Å². The van der Waals surface area contributed by atoms with Crippen molar-refractivity contribution in [1.29, 1.82) is 0 Å². The number of aliphatic hydroxyl groups is 3. The molecule has 38 heavy (non-hydrogen) atoms. The predicted octanol–water partition coefficient (Wildman–Crippen LogP) is -0.174. The summed E-state index contributed by atoms with van der Waals surface area (Å²) in [6.45, 7) is 6.92. The molecule has 4 saturated heterocycles. The minimum absolute atomic E-state index is 0.0141. The highest BCUT2D eigenvalue weighted by Crippen LogP contribution is 2.84. The molecule has 2 spiro atoms. The maximum absolute atomic E-state index is 13.8. The number of rotatable bonds is 3. The van der Waals surface area contributed by atoms with E-state index in [0.717, 1.165) is 5.56 Å². The van der Waals surface area contributed by atoms with Crippen molar-refractivity contribution in [3.63, 3.8) is 0 Å². The summed E-state index contributed by atoms with van der Waals surface area (Å²) in [5.41, 5.74) is -8.32. The first-order chi connectivity index (χ1) is 17.8. The molecule has 7 rings (SSSR count). The molecule has 2 saturated carbocycles. The Labute approximate surface area is 217 Å². The Bertz CT molecular complexity index is 1260. The standard InChI is InChI=1S/C27H30O11/c1-11-19(30)35-17-15(29)25-16-13(28)14(23(2,3)4)24(25)18(34-10-12-8-6-5-7-9-12)20(31)37-22(24)38-27(25,21(32)36-16)26(11,17)33/h5-9,11,13-18,22,28-29,33H,10H2,1-4H3/t11-,13-,14+,15+,16-,17-,18+,22+,24+,25-,26-,27-/m1/s1. The van der Waals surface area contributed by atoms with Crippen molar-refractivity contribution >= 4 is 17.9 Å². The van der Waals surface area contributed by atoms with Crippen molar-refractivity contribution in [2.45, 2.75) is 82.3 Å². The van der Waals surface area contributed by atoms with Gasteiger partial charge in [0.1, 0.15) is 12.2 Å². The maximum atomic E-state index is 13.8. The summed E-state index contributed by atoms with van der Waals surface area (Å²) in [6.07, 6.45) is -8.97. The minimum atomic E-state index is -2.36. The minimum Gasteiger partial charge on any atom is -0.456 e. The summed E-state index contributed by atoms with van der Waals surface area (Å²) in [7, 11) is 0. The zero-order valence-electron chi connectivity index (χ0n) is 21.3. The molecule has 4 heterocycles. The Morgan fingerprint density at radius 3 is 2.32 bits per heavy atom. The Hall–Kier alpha value is -2.57. The molecule has 12 atom stereocenters. The molecule has 2 aliphatic carbocycles. The van der Waals surface area contributed by atoms with E-state index in [1.807, 2.05) is 51.1 Å². The summed E-state index contributed by atoms with van der Waals surface area (Å²) < 4.78 is 29.6. The number of hydrogen-bond donors (Lipinski definition) is 3. The number of ether oxygens (including phenoxy) is 5. The average molecular weight is 531 g/mol. The zero-order chi connectivity index (χ0) is 27.2. The van der Waals surface area contributed by atoms with E-state index in [2.05, 4.69) is 0 Å². The average Bonchev–Trinajstić information content (AvgIpc) is 3.55. The number of aliphatic hydroxyl groups excluding tert-OH is 2. The fraction of sp³-hybridized carbons (Fsp3) is 0.667. The van der Waals surface area contributed by atoms with E-state index < -0.39 is 94.0 Å².